The Balaban J connectivity index is 1.73. The molecule has 1 N–H and O–H groups in total. The maximum atomic E-state index is 12.9. The van der Waals surface area contributed by atoms with E-state index in [0.29, 0.717) is 17.8 Å². The summed E-state index contributed by atoms with van der Waals surface area (Å²) < 4.78 is 5.36. The predicted molar refractivity (Wildman–Crippen MR) is 107 cm³/mol. The van der Waals surface area contributed by atoms with E-state index in [9.17, 15) is 14.4 Å². The third kappa shape index (κ3) is 4.22. The molecule has 6 nitrogen and oxygen atoms in total. The molecular weight excluding hydrogens is 356 g/mol. The van der Waals surface area contributed by atoms with E-state index in [1.165, 1.54) is 4.90 Å². The minimum atomic E-state index is -0.424. The smallest absolute Gasteiger partial charge is 0.313 e. The Morgan fingerprint density at radius 1 is 1.14 bits per heavy atom. The van der Waals surface area contributed by atoms with Crippen LogP contribution in [0, 0.1) is 0 Å². The van der Waals surface area contributed by atoms with Crippen LogP contribution in [0.4, 0.5) is 11.4 Å². The summed E-state index contributed by atoms with van der Waals surface area (Å²) in [5, 5.41) is 2.81. The van der Waals surface area contributed by atoms with Gasteiger partial charge in [-0.2, -0.15) is 0 Å². The number of amides is 2. The zero-order valence-electron chi connectivity index (χ0n) is 16.1. The number of carbonyl (C=O) groups excluding carboxylic acids is 3. The lowest BCUT2D eigenvalue weighted by Gasteiger charge is -2.27. The number of hydrogen-bond acceptors (Lipinski definition) is 4. The van der Waals surface area contributed by atoms with Gasteiger partial charge in [-0.3, -0.25) is 14.4 Å². The molecule has 0 saturated carbocycles. The molecule has 0 fully saturated rings. The number of hydrogen-bond donors (Lipinski definition) is 1. The number of benzene rings is 2. The van der Waals surface area contributed by atoms with Crippen molar-refractivity contribution >= 4 is 29.2 Å². The Morgan fingerprint density at radius 2 is 1.82 bits per heavy atom. The van der Waals surface area contributed by atoms with Crippen LogP contribution >= 0.6 is 0 Å². The Hall–Kier alpha value is -3.15. The molecule has 3 rings (SSSR count). The van der Waals surface area contributed by atoms with Crippen LogP contribution in [-0.4, -0.2) is 30.4 Å². The van der Waals surface area contributed by atoms with Crippen LogP contribution in [0.1, 0.15) is 38.2 Å². The number of rotatable bonds is 5. The van der Waals surface area contributed by atoms with Gasteiger partial charge in [-0.25, -0.2) is 0 Å². The van der Waals surface area contributed by atoms with E-state index in [1.807, 2.05) is 37.3 Å². The molecule has 1 aliphatic rings. The molecule has 1 heterocycles. The van der Waals surface area contributed by atoms with Crippen molar-refractivity contribution < 1.29 is 19.1 Å². The molecule has 28 heavy (non-hydrogen) atoms. The van der Waals surface area contributed by atoms with Gasteiger partial charge in [-0.05, 0) is 31.0 Å². The first-order chi connectivity index (χ1) is 13.5. The van der Waals surface area contributed by atoms with Crippen molar-refractivity contribution in [1.82, 2.24) is 0 Å². The molecule has 6 heteroatoms. The maximum absolute atomic E-state index is 12.9. The van der Waals surface area contributed by atoms with Gasteiger partial charge >= 0.3 is 5.97 Å². The molecule has 2 amide bonds. The molecule has 146 valence electrons. The summed E-state index contributed by atoms with van der Waals surface area (Å²) in [5.41, 5.74) is 2.05. The first-order valence-electron chi connectivity index (χ1n) is 9.43. The second-order valence-corrected chi connectivity index (χ2v) is 6.86. The second-order valence-electron chi connectivity index (χ2n) is 6.86. The van der Waals surface area contributed by atoms with E-state index >= 15 is 0 Å². The number of anilines is 2. The Kier molecular flexibility index (Phi) is 6.09. The predicted octanol–water partition coefficient (Wildman–Crippen LogP) is 3.49. The fraction of sp³-hybridized carbons (Fsp3) is 0.318. The summed E-state index contributed by atoms with van der Waals surface area (Å²) in [6, 6.07) is 16.2. The van der Waals surface area contributed by atoms with Gasteiger partial charge in [0.05, 0.1) is 17.3 Å². The van der Waals surface area contributed by atoms with Crippen LogP contribution in [0.2, 0.25) is 0 Å². The number of nitrogens with one attached hydrogen (secondary N) is 1. The number of esters is 1. The van der Waals surface area contributed by atoms with E-state index in [1.54, 1.807) is 31.2 Å². The van der Waals surface area contributed by atoms with Gasteiger partial charge < -0.3 is 15.0 Å². The Bertz CT molecular complexity index is 866. The maximum Gasteiger partial charge on any atom is 0.313 e. The molecular formula is C22H24N2O4. The second kappa shape index (κ2) is 8.69. The van der Waals surface area contributed by atoms with E-state index in [0.717, 1.165) is 5.56 Å². The van der Waals surface area contributed by atoms with Gasteiger partial charge in [0.15, 0.2) is 6.61 Å². The largest absolute Gasteiger partial charge is 0.455 e. The number of carbonyl (C=O) groups is 3. The zero-order valence-corrected chi connectivity index (χ0v) is 16.1. The van der Waals surface area contributed by atoms with Crippen molar-refractivity contribution in [3.63, 3.8) is 0 Å². The fourth-order valence-electron chi connectivity index (χ4n) is 3.49. The van der Waals surface area contributed by atoms with Crippen LogP contribution in [-0.2, 0) is 19.1 Å². The highest BCUT2D eigenvalue weighted by atomic mass is 16.5. The van der Waals surface area contributed by atoms with Gasteiger partial charge in [0.2, 0.25) is 5.91 Å². The monoisotopic (exact) mass is 380 g/mol. The molecule has 0 bridgehead atoms. The first-order valence-corrected chi connectivity index (χ1v) is 9.43. The number of para-hydroxylation sites is 2. The van der Waals surface area contributed by atoms with E-state index < -0.39 is 11.9 Å². The lowest BCUT2D eigenvalue weighted by atomic mass is 9.97. The molecule has 0 radical (unpaired) electrons. The molecule has 2 aromatic carbocycles. The van der Waals surface area contributed by atoms with Crippen LogP contribution in [0.15, 0.2) is 54.6 Å². The third-order valence-corrected chi connectivity index (χ3v) is 4.86. The highest BCUT2D eigenvalue weighted by Gasteiger charge is 2.30. The van der Waals surface area contributed by atoms with Crippen LogP contribution in [0.3, 0.4) is 0 Å². The van der Waals surface area contributed by atoms with E-state index in [-0.39, 0.29) is 30.9 Å². The summed E-state index contributed by atoms with van der Waals surface area (Å²) in [7, 11) is 0. The Morgan fingerprint density at radius 3 is 2.54 bits per heavy atom. The minimum Gasteiger partial charge on any atom is -0.455 e. The fourth-order valence-corrected chi connectivity index (χ4v) is 3.49. The van der Waals surface area contributed by atoms with Crippen molar-refractivity contribution in [3.8, 4) is 0 Å². The molecule has 0 aromatic heterocycles. The topological polar surface area (TPSA) is 75.7 Å². The van der Waals surface area contributed by atoms with Crippen molar-refractivity contribution in [3.05, 3.63) is 60.2 Å². The molecule has 0 unspecified atom stereocenters. The van der Waals surface area contributed by atoms with E-state index in [2.05, 4.69) is 5.32 Å². The molecule has 2 aromatic rings. The standard InChI is InChI=1S/C22H24N2O4/c1-3-17(16-9-5-4-6-10-16)22(27)28-14-21(26)24-15(2)13-20(25)23-18-11-7-8-12-19(18)24/h4-12,15,17H,3,13-14H2,1-2H3,(H,23,25)/t15-,17+/m0/s1. The van der Waals surface area contributed by atoms with Crippen molar-refractivity contribution in [2.24, 2.45) is 0 Å². The van der Waals surface area contributed by atoms with Gasteiger partial charge in [0, 0.05) is 12.5 Å². The van der Waals surface area contributed by atoms with Crippen LogP contribution in [0.25, 0.3) is 0 Å². The first kappa shape index (κ1) is 19.6. The molecule has 2 atom stereocenters. The normalized spacial score (nSPS) is 17.1. The molecule has 1 aliphatic heterocycles. The Labute approximate surface area is 164 Å². The van der Waals surface area contributed by atoms with Crippen molar-refractivity contribution in [1.29, 1.82) is 0 Å². The van der Waals surface area contributed by atoms with Gasteiger partial charge in [0.1, 0.15) is 0 Å². The number of nitrogens with zero attached hydrogens (tertiary/aromatic N) is 1. The number of ether oxygens (including phenoxy) is 1. The summed E-state index contributed by atoms with van der Waals surface area (Å²) in [5.74, 6) is -1.34. The molecule has 0 saturated heterocycles. The average Bonchev–Trinajstić information content (AvgIpc) is 2.81. The summed E-state index contributed by atoms with van der Waals surface area (Å²) in [6.45, 7) is 3.35. The van der Waals surface area contributed by atoms with Crippen LogP contribution in [0.5, 0.6) is 0 Å². The summed E-state index contributed by atoms with van der Waals surface area (Å²) in [4.78, 5) is 39.0. The van der Waals surface area contributed by atoms with Crippen molar-refractivity contribution in [2.45, 2.75) is 38.6 Å². The van der Waals surface area contributed by atoms with Gasteiger partial charge in [0.25, 0.3) is 5.91 Å². The van der Waals surface area contributed by atoms with Crippen LogP contribution < -0.4 is 10.2 Å². The highest BCUT2D eigenvalue weighted by Crippen LogP contribution is 2.31. The van der Waals surface area contributed by atoms with E-state index in [4.69, 9.17) is 4.74 Å². The minimum absolute atomic E-state index is 0.151. The highest BCUT2D eigenvalue weighted by molar-refractivity contribution is 6.05. The zero-order chi connectivity index (χ0) is 20.1. The van der Waals surface area contributed by atoms with Gasteiger partial charge in [-0.15, -0.1) is 0 Å². The molecule has 0 spiro atoms. The van der Waals surface area contributed by atoms with Gasteiger partial charge in [-0.1, -0.05) is 49.4 Å². The summed E-state index contributed by atoms with van der Waals surface area (Å²) in [6.07, 6.45) is 0.758. The number of fused-ring (bicyclic) bond motifs is 1. The lowest BCUT2D eigenvalue weighted by molar-refractivity contribution is -0.149. The lowest BCUT2D eigenvalue weighted by Crippen LogP contribution is -2.41. The van der Waals surface area contributed by atoms with Crippen molar-refractivity contribution in [2.75, 3.05) is 16.8 Å². The quantitative estimate of drug-likeness (QED) is 0.806. The molecule has 0 aliphatic carbocycles. The SMILES string of the molecule is CC[C@@H](C(=O)OCC(=O)N1c2ccccc2NC(=O)C[C@@H]1C)c1ccccc1. The summed E-state index contributed by atoms with van der Waals surface area (Å²) >= 11 is 0. The third-order valence-electron chi connectivity index (χ3n) is 4.86. The average molecular weight is 380 g/mol.